The summed E-state index contributed by atoms with van der Waals surface area (Å²) in [5.41, 5.74) is 7.00. The Morgan fingerprint density at radius 1 is 1.14 bits per heavy atom. The van der Waals surface area contributed by atoms with Gasteiger partial charge in [0.15, 0.2) is 5.84 Å². The summed E-state index contributed by atoms with van der Waals surface area (Å²) in [5.74, 6) is 0.922. The molecule has 0 saturated heterocycles. The summed E-state index contributed by atoms with van der Waals surface area (Å²) in [5, 5.41) is 5.03. The van der Waals surface area contributed by atoms with Crippen molar-refractivity contribution in [1.82, 2.24) is 5.43 Å². The lowest BCUT2D eigenvalue weighted by Gasteiger charge is -2.20. The molecule has 0 radical (unpaired) electrons. The molecular formula is C16H12BrClN4. The molecule has 0 saturated carbocycles. The van der Waals surface area contributed by atoms with Gasteiger partial charge in [0.2, 0.25) is 0 Å². The molecule has 6 heteroatoms. The van der Waals surface area contributed by atoms with E-state index in [-0.39, 0.29) is 0 Å². The van der Waals surface area contributed by atoms with Gasteiger partial charge in [0.1, 0.15) is 6.67 Å². The highest BCUT2D eigenvalue weighted by Gasteiger charge is 2.27. The first-order valence-corrected chi connectivity index (χ1v) is 8.07. The van der Waals surface area contributed by atoms with Crippen LogP contribution in [-0.2, 0) is 0 Å². The fourth-order valence-corrected chi connectivity index (χ4v) is 3.33. The van der Waals surface area contributed by atoms with Crippen molar-refractivity contribution in [2.75, 3.05) is 18.1 Å². The van der Waals surface area contributed by atoms with E-state index in [4.69, 9.17) is 16.6 Å². The Balaban J connectivity index is 1.96. The van der Waals surface area contributed by atoms with Crippen LogP contribution in [0.1, 0.15) is 11.1 Å². The number of rotatable bonds is 1. The van der Waals surface area contributed by atoms with Crippen molar-refractivity contribution in [3.8, 4) is 0 Å². The van der Waals surface area contributed by atoms with Gasteiger partial charge < -0.3 is 4.90 Å². The number of amidine groups is 1. The molecule has 0 spiro atoms. The number of benzene rings is 2. The van der Waals surface area contributed by atoms with Gasteiger partial charge in [-0.2, -0.15) is 5.10 Å². The Hall–Kier alpha value is -1.85. The zero-order valence-electron chi connectivity index (χ0n) is 11.6. The number of fused-ring (bicyclic) bond motifs is 3. The summed E-state index contributed by atoms with van der Waals surface area (Å²) in [6.45, 7) is 1.19. The number of hydrogen-bond acceptors (Lipinski definition) is 4. The van der Waals surface area contributed by atoms with Crippen molar-refractivity contribution < 1.29 is 0 Å². The molecular weight excluding hydrogens is 364 g/mol. The molecule has 110 valence electrons. The molecule has 0 atom stereocenters. The third-order valence-corrected chi connectivity index (χ3v) is 4.58. The van der Waals surface area contributed by atoms with Gasteiger partial charge in [-0.05, 0) is 24.3 Å². The van der Waals surface area contributed by atoms with E-state index in [1.807, 2.05) is 30.3 Å². The standard InChI is InChI=1S/C16H12BrClN4/c17-10-5-6-14-12(7-10)16(11-3-1-2-4-13(11)18)19-8-15-21-20-9-22(14)15/h1-7,20H,8-9H2. The Morgan fingerprint density at radius 3 is 2.86 bits per heavy atom. The van der Waals surface area contributed by atoms with Crippen molar-refractivity contribution in [3.05, 3.63) is 63.1 Å². The molecule has 0 amide bonds. The van der Waals surface area contributed by atoms with Crippen LogP contribution in [0.15, 0.2) is 57.0 Å². The second-order valence-corrected chi connectivity index (χ2v) is 6.40. The molecule has 2 aliphatic heterocycles. The number of halogens is 2. The number of nitrogens with one attached hydrogen (secondary N) is 1. The first kappa shape index (κ1) is 13.8. The van der Waals surface area contributed by atoms with Gasteiger partial charge in [0, 0.05) is 20.6 Å². The summed E-state index contributed by atoms with van der Waals surface area (Å²) in [6.07, 6.45) is 0. The summed E-state index contributed by atoms with van der Waals surface area (Å²) >= 11 is 9.94. The smallest absolute Gasteiger partial charge is 0.152 e. The monoisotopic (exact) mass is 374 g/mol. The van der Waals surface area contributed by atoms with Gasteiger partial charge >= 0.3 is 0 Å². The molecule has 22 heavy (non-hydrogen) atoms. The Bertz CT molecular complexity index is 816. The topological polar surface area (TPSA) is 40.0 Å². The predicted molar refractivity (Wildman–Crippen MR) is 94.0 cm³/mol. The first-order valence-electron chi connectivity index (χ1n) is 6.90. The number of nitrogens with zero attached hydrogens (tertiary/aromatic N) is 3. The molecule has 4 rings (SSSR count). The van der Waals surface area contributed by atoms with Crippen LogP contribution >= 0.6 is 27.5 Å². The van der Waals surface area contributed by atoms with Crippen LogP contribution in [0.5, 0.6) is 0 Å². The van der Waals surface area contributed by atoms with Crippen molar-refractivity contribution in [2.45, 2.75) is 0 Å². The minimum absolute atomic E-state index is 0.528. The molecule has 0 fully saturated rings. The molecule has 4 nitrogen and oxygen atoms in total. The van der Waals surface area contributed by atoms with Crippen LogP contribution in [-0.4, -0.2) is 24.8 Å². The molecule has 2 aromatic rings. The van der Waals surface area contributed by atoms with Crippen LogP contribution in [0.2, 0.25) is 5.02 Å². The third kappa shape index (κ3) is 2.21. The van der Waals surface area contributed by atoms with E-state index in [1.54, 1.807) is 0 Å². The van der Waals surface area contributed by atoms with Crippen LogP contribution in [0.25, 0.3) is 0 Å². The molecule has 0 unspecified atom stereocenters. The SMILES string of the molecule is Clc1ccccc1C1=NCC2=NNCN2c2ccc(Br)cc21. The summed E-state index contributed by atoms with van der Waals surface area (Å²) in [7, 11) is 0. The predicted octanol–water partition coefficient (Wildman–Crippen LogP) is 3.63. The summed E-state index contributed by atoms with van der Waals surface area (Å²) < 4.78 is 1.01. The molecule has 2 aromatic carbocycles. The molecule has 1 N–H and O–H groups in total. The second-order valence-electron chi connectivity index (χ2n) is 5.08. The number of anilines is 1. The maximum atomic E-state index is 6.39. The van der Waals surface area contributed by atoms with Gasteiger partial charge in [-0.25, -0.2) is 0 Å². The highest BCUT2D eigenvalue weighted by molar-refractivity contribution is 9.10. The quantitative estimate of drug-likeness (QED) is 0.827. The fourth-order valence-electron chi connectivity index (χ4n) is 2.75. The zero-order valence-corrected chi connectivity index (χ0v) is 13.9. The van der Waals surface area contributed by atoms with Gasteiger partial charge in [0.05, 0.1) is 17.9 Å². The van der Waals surface area contributed by atoms with Crippen LogP contribution in [0, 0.1) is 0 Å². The van der Waals surface area contributed by atoms with Gasteiger partial charge in [-0.15, -0.1) is 0 Å². The Morgan fingerprint density at radius 2 is 2.00 bits per heavy atom. The highest BCUT2D eigenvalue weighted by atomic mass is 79.9. The van der Waals surface area contributed by atoms with Crippen LogP contribution < -0.4 is 10.3 Å². The largest absolute Gasteiger partial charge is 0.307 e. The average molecular weight is 376 g/mol. The van der Waals surface area contributed by atoms with E-state index >= 15 is 0 Å². The number of hydrazone groups is 1. The molecule has 0 aromatic heterocycles. The normalized spacial score (nSPS) is 16.2. The van der Waals surface area contributed by atoms with Crippen molar-refractivity contribution in [1.29, 1.82) is 0 Å². The first-order chi connectivity index (χ1) is 10.7. The fraction of sp³-hybridized carbons (Fsp3) is 0.125. The van der Waals surface area contributed by atoms with Crippen molar-refractivity contribution >= 4 is 44.8 Å². The van der Waals surface area contributed by atoms with E-state index in [9.17, 15) is 0 Å². The van der Waals surface area contributed by atoms with Gasteiger partial charge in [0.25, 0.3) is 0 Å². The molecule has 2 heterocycles. The average Bonchev–Trinajstić information content (AvgIpc) is 2.92. The van der Waals surface area contributed by atoms with Crippen molar-refractivity contribution in [2.24, 2.45) is 10.1 Å². The van der Waals surface area contributed by atoms with Gasteiger partial charge in [-0.3, -0.25) is 10.4 Å². The lowest BCUT2D eigenvalue weighted by Crippen LogP contribution is -2.30. The van der Waals surface area contributed by atoms with Gasteiger partial charge in [-0.1, -0.05) is 45.7 Å². The zero-order chi connectivity index (χ0) is 15.1. The van der Waals surface area contributed by atoms with E-state index < -0.39 is 0 Å². The lowest BCUT2D eigenvalue weighted by atomic mass is 10.0. The van der Waals surface area contributed by atoms with Crippen LogP contribution in [0.3, 0.4) is 0 Å². The third-order valence-electron chi connectivity index (χ3n) is 3.76. The van der Waals surface area contributed by atoms with E-state index in [2.05, 4.69) is 43.5 Å². The summed E-state index contributed by atoms with van der Waals surface area (Å²) in [4.78, 5) is 6.93. The molecule has 2 aliphatic rings. The number of hydrogen-bond donors (Lipinski definition) is 1. The Kier molecular flexibility index (Phi) is 3.39. The summed E-state index contributed by atoms with van der Waals surface area (Å²) in [6, 6.07) is 14.0. The minimum Gasteiger partial charge on any atom is -0.307 e. The molecule has 0 aliphatic carbocycles. The van der Waals surface area contributed by atoms with E-state index in [1.165, 1.54) is 0 Å². The lowest BCUT2D eigenvalue weighted by molar-refractivity contribution is 0.807. The number of aliphatic imine (C=N–C) groups is 1. The Labute approximate surface area is 141 Å². The van der Waals surface area contributed by atoms with Crippen molar-refractivity contribution in [3.63, 3.8) is 0 Å². The maximum Gasteiger partial charge on any atom is 0.152 e. The minimum atomic E-state index is 0.528. The van der Waals surface area contributed by atoms with E-state index in [0.717, 1.165) is 32.8 Å². The highest BCUT2D eigenvalue weighted by Crippen LogP contribution is 2.32. The van der Waals surface area contributed by atoms with E-state index in [0.29, 0.717) is 18.2 Å². The molecule has 0 bridgehead atoms. The van der Waals surface area contributed by atoms with Crippen LogP contribution in [0.4, 0.5) is 5.69 Å². The maximum absolute atomic E-state index is 6.39. The second kappa shape index (κ2) is 5.41.